The zero-order valence-corrected chi connectivity index (χ0v) is 12.8. The van der Waals surface area contributed by atoms with Gasteiger partial charge >= 0.3 is 11.7 Å². The lowest BCUT2D eigenvalue weighted by molar-refractivity contribution is -0.384. The van der Waals surface area contributed by atoms with Crippen LogP contribution in [0.4, 0.5) is 11.5 Å². The summed E-state index contributed by atoms with van der Waals surface area (Å²) in [5.74, 6) is -0.648. The zero-order valence-electron chi connectivity index (χ0n) is 12.8. The van der Waals surface area contributed by atoms with E-state index in [9.17, 15) is 20.0 Å². The molecular formula is C13H22N4O4. The number of hydrogen-bond donors (Lipinski definition) is 2. The molecule has 8 heteroatoms. The molecule has 0 aromatic carbocycles. The molecule has 1 rings (SSSR count). The second-order valence-electron chi connectivity index (χ2n) is 5.02. The van der Waals surface area contributed by atoms with Crippen LogP contribution in [0.15, 0.2) is 0 Å². The summed E-state index contributed by atoms with van der Waals surface area (Å²) in [7, 11) is 1.61. The first-order valence-corrected chi connectivity index (χ1v) is 7.00. The van der Waals surface area contributed by atoms with Crippen LogP contribution in [0.3, 0.4) is 0 Å². The van der Waals surface area contributed by atoms with Gasteiger partial charge in [0.15, 0.2) is 0 Å². The van der Waals surface area contributed by atoms with Gasteiger partial charge in [0.2, 0.25) is 5.82 Å². The third-order valence-electron chi connectivity index (χ3n) is 4.01. The SMILES string of the molecule is CCc1nn(C)c(NCC(CC)(CC)C(=O)O)c1[N+](=O)[O-]. The molecular weight excluding hydrogens is 276 g/mol. The fourth-order valence-corrected chi connectivity index (χ4v) is 2.33. The van der Waals surface area contributed by atoms with Crippen LogP contribution in [0.1, 0.15) is 39.3 Å². The molecule has 8 nitrogen and oxygen atoms in total. The first kappa shape index (κ1) is 16.9. The monoisotopic (exact) mass is 298 g/mol. The minimum atomic E-state index is -0.940. The van der Waals surface area contributed by atoms with Crippen molar-refractivity contribution in [2.75, 3.05) is 11.9 Å². The van der Waals surface area contributed by atoms with Gasteiger partial charge in [0.1, 0.15) is 5.69 Å². The molecule has 0 amide bonds. The molecule has 0 radical (unpaired) electrons. The van der Waals surface area contributed by atoms with Gasteiger partial charge in [-0.25, -0.2) is 4.68 Å². The lowest BCUT2D eigenvalue weighted by Gasteiger charge is -2.27. The minimum Gasteiger partial charge on any atom is -0.481 e. The Kier molecular flexibility index (Phi) is 5.28. The number of nitrogens with one attached hydrogen (secondary N) is 1. The molecule has 0 atom stereocenters. The largest absolute Gasteiger partial charge is 0.481 e. The average molecular weight is 298 g/mol. The summed E-state index contributed by atoms with van der Waals surface area (Å²) in [5.41, 5.74) is -0.629. The van der Waals surface area contributed by atoms with E-state index in [2.05, 4.69) is 10.4 Å². The van der Waals surface area contributed by atoms with Crippen LogP contribution in [0.5, 0.6) is 0 Å². The molecule has 118 valence electrons. The Bertz CT molecular complexity index is 535. The standard InChI is InChI=1S/C13H22N4O4/c1-5-9-10(17(20)21)11(16(4)15-9)14-8-13(6-2,7-3)12(18)19/h14H,5-8H2,1-4H3,(H,18,19). The molecule has 0 saturated carbocycles. The predicted octanol–water partition coefficient (Wildman–Crippen LogP) is 2.19. The van der Waals surface area contributed by atoms with E-state index in [0.717, 1.165) is 0 Å². The van der Waals surface area contributed by atoms with Crippen molar-refractivity contribution in [2.24, 2.45) is 12.5 Å². The number of carboxylic acid groups (broad SMARTS) is 1. The molecule has 1 heterocycles. The highest BCUT2D eigenvalue weighted by molar-refractivity contribution is 5.75. The molecule has 0 aliphatic rings. The summed E-state index contributed by atoms with van der Waals surface area (Å²) < 4.78 is 1.40. The van der Waals surface area contributed by atoms with Crippen LogP contribution in [-0.2, 0) is 18.3 Å². The number of rotatable bonds is 8. The van der Waals surface area contributed by atoms with Gasteiger partial charge in [0.05, 0.1) is 10.3 Å². The van der Waals surface area contributed by atoms with E-state index in [-0.39, 0.29) is 18.1 Å². The summed E-state index contributed by atoms with van der Waals surface area (Å²) in [4.78, 5) is 22.2. The Morgan fingerprint density at radius 2 is 2.00 bits per heavy atom. The van der Waals surface area contributed by atoms with E-state index in [1.54, 1.807) is 27.8 Å². The summed E-state index contributed by atoms with van der Waals surface area (Å²) >= 11 is 0. The van der Waals surface area contributed by atoms with Crippen molar-refractivity contribution in [1.29, 1.82) is 0 Å². The number of hydrogen-bond acceptors (Lipinski definition) is 5. The maximum absolute atomic E-state index is 11.5. The number of nitro groups is 1. The van der Waals surface area contributed by atoms with E-state index in [4.69, 9.17) is 0 Å². The van der Waals surface area contributed by atoms with Gasteiger partial charge in [0, 0.05) is 13.6 Å². The molecule has 0 spiro atoms. The topological polar surface area (TPSA) is 110 Å². The van der Waals surface area contributed by atoms with Crippen LogP contribution < -0.4 is 5.32 Å². The number of nitrogens with zero attached hydrogens (tertiary/aromatic N) is 3. The molecule has 0 aliphatic heterocycles. The molecule has 1 aromatic rings. The first-order valence-electron chi connectivity index (χ1n) is 7.00. The number of aryl methyl sites for hydroxylation is 2. The minimum absolute atomic E-state index is 0.0773. The normalized spacial score (nSPS) is 11.4. The van der Waals surface area contributed by atoms with Crippen LogP contribution >= 0.6 is 0 Å². The first-order chi connectivity index (χ1) is 9.82. The molecule has 0 unspecified atom stereocenters. The van der Waals surface area contributed by atoms with Crippen LogP contribution in [0.25, 0.3) is 0 Å². The molecule has 2 N–H and O–H groups in total. The number of carboxylic acids is 1. The number of aromatic nitrogens is 2. The second kappa shape index (κ2) is 6.55. The van der Waals surface area contributed by atoms with Gasteiger partial charge in [-0.2, -0.15) is 5.10 Å². The molecule has 0 fully saturated rings. The lowest BCUT2D eigenvalue weighted by atomic mass is 9.82. The smallest absolute Gasteiger partial charge is 0.333 e. The molecule has 1 aromatic heterocycles. The van der Waals surface area contributed by atoms with E-state index in [0.29, 0.717) is 25.0 Å². The maximum atomic E-state index is 11.5. The van der Waals surface area contributed by atoms with Gasteiger partial charge in [-0.1, -0.05) is 20.8 Å². The van der Waals surface area contributed by atoms with Gasteiger partial charge in [0.25, 0.3) is 0 Å². The van der Waals surface area contributed by atoms with Crippen molar-refractivity contribution in [3.05, 3.63) is 15.8 Å². The Hall–Kier alpha value is -2.12. The van der Waals surface area contributed by atoms with Gasteiger partial charge in [-0.15, -0.1) is 0 Å². The molecule has 0 aliphatic carbocycles. The van der Waals surface area contributed by atoms with E-state index >= 15 is 0 Å². The number of carbonyl (C=O) groups is 1. The Labute approximate surface area is 123 Å². The Morgan fingerprint density at radius 1 is 1.43 bits per heavy atom. The van der Waals surface area contributed by atoms with Crippen molar-refractivity contribution in [1.82, 2.24) is 9.78 Å². The van der Waals surface area contributed by atoms with Crippen LogP contribution in [-0.4, -0.2) is 32.3 Å². The predicted molar refractivity (Wildman–Crippen MR) is 78.4 cm³/mol. The van der Waals surface area contributed by atoms with Crippen LogP contribution in [0.2, 0.25) is 0 Å². The Balaban J connectivity index is 3.11. The second-order valence-corrected chi connectivity index (χ2v) is 5.02. The third-order valence-corrected chi connectivity index (χ3v) is 4.01. The quantitative estimate of drug-likeness (QED) is 0.562. The van der Waals surface area contributed by atoms with Crippen molar-refractivity contribution in [3.8, 4) is 0 Å². The summed E-state index contributed by atoms with van der Waals surface area (Å²) in [6, 6.07) is 0. The number of anilines is 1. The molecule has 0 saturated heterocycles. The van der Waals surface area contributed by atoms with Gasteiger partial charge in [-0.3, -0.25) is 14.9 Å². The highest BCUT2D eigenvalue weighted by Gasteiger charge is 2.36. The average Bonchev–Trinajstić information content (AvgIpc) is 2.76. The van der Waals surface area contributed by atoms with Crippen LogP contribution in [0, 0.1) is 15.5 Å². The lowest BCUT2D eigenvalue weighted by Crippen LogP contribution is -2.37. The summed E-state index contributed by atoms with van der Waals surface area (Å²) in [5, 5.41) is 27.6. The Morgan fingerprint density at radius 3 is 2.38 bits per heavy atom. The highest BCUT2D eigenvalue weighted by atomic mass is 16.6. The highest BCUT2D eigenvalue weighted by Crippen LogP contribution is 2.32. The zero-order chi connectivity index (χ0) is 16.2. The maximum Gasteiger partial charge on any atom is 0.333 e. The number of aliphatic carboxylic acids is 1. The fraction of sp³-hybridized carbons (Fsp3) is 0.692. The van der Waals surface area contributed by atoms with Crippen molar-refractivity contribution in [2.45, 2.75) is 40.0 Å². The summed E-state index contributed by atoms with van der Waals surface area (Å²) in [6.45, 7) is 5.51. The van der Waals surface area contributed by atoms with Crippen molar-refractivity contribution in [3.63, 3.8) is 0 Å². The van der Waals surface area contributed by atoms with E-state index < -0.39 is 16.3 Å². The van der Waals surface area contributed by atoms with Crippen molar-refractivity contribution < 1.29 is 14.8 Å². The third kappa shape index (κ3) is 3.14. The molecule has 0 bridgehead atoms. The van der Waals surface area contributed by atoms with E-state index in [1.807, 2.05) is 0 Å². The van der Waals surface area contributed by atoms with E-state index in [1.165, 1.54) is 4.68 Å². The summed E-state index contributed by atoms with van der Waals surface area (Å²) in [6.07, 6.45) is 1.33. The fourth-order valence-electron chi connectivity index (χ4n) is 2.33. The van der Waals surface area contributed by atoms with Gasteiger partial charge < -0.3 is 10.4 Å². The van der Waals surface area contributed by atoms with Gasteiger partial charge in [-0.05, 0) is 19.3 Å². The van der Waals surface area contributed by atoms with Crippen molar-refractivity contribution >= 4 is 17.5 Å². The molecule has 21 heavy (non-hydrogen) atoms.